The second-order valence-electron chi connectivity index (χ2n) is 7.97. The number of hydrogen-bond acceptors (Lipinski definition) is 7. The maximum atomic E-state index is 12.8. The predicted molar refractivity (Wildman–Crippen MR) is 116 cm³/mol. The van der Waals surface area contributed by atoms with Crippen LogP contribution in [-0.2, 0) is 19.3 Å². The first-order valence-corrected chi connectivity index (χ1v) is 10.7. The molecular weight excluding hydrogens is 437 g/mol. The van der Waals surface area contributed by atoms with Crippen molar-refractivity contribution in [1.29, 1.82) is 0 Å². The molecule has 3 aromatic heterocycles. The normalized spacial score (nSPS) is 15.8. The van der Waals surface area contributed by atoms with Crippen molar-refractivity contribution in [2.45, 2.75) is 38.1 Å². The summed E-state index contributed by atoms with van der Waals surface area (Å²) in [4.78, 5) is 26.0. The van der Waals surface area contributed by atoms with Gasteiger partial charge in [0.1, 0.15) is 5.75 Å². The lowest BCUT2D eigenvalue weighted by Gasteiger charge is -2.32. The van der Waals surface area contributed by atoms with Crippen LogP contribution < -0.4 is 15.6 Å². The van der Waals surface area contributed by atoms with Gasteiger partial charge in [-0.3, -0.25) is 9.78 Å². The summed E-state index contributed by atoms with van der Waals surface area (Å²) in [6.07, 6.45) is -0.0707. The second kappa shape index (κ2) is 9.84. The van der Waals surface area contributed by atoms with Gasteiger partial charge in [0, 0.05) is 44.0 Å². The van der Waals surface area contributed by atoms with E-state index in [9.17, 15) is 18.0 Å². The third kappa shape index (κ3) is 5.66. The van der Waals surface area contributed by atoms with E-state index in [4.69, 9.17) is 4.74 Å². The van der Waals surface area contributed by atoms with E-state index in [2.05, 4.69) is 25.2 Å². The first-order chi connectivity index (χ1) is 15.8. The average molecular weight is 462 g/mol. The minimum atomic E-state index is -4.55. The van der Waals surface area contributed by atoms with Crippen molar-refractivity contribution < 1.29 is 17.9 Å². The monoisotopic (exact) mass is 462 g/mol. The number of ether oxygens (including phenoxy) is 1. The molecule has 0 bridgehead atoms. The molecule has 1 aliphatic rings. The Labute approximate surface area is 188 Å². The number of alkyl halides is 3. The molecule has 0 atom stereocenters. The third-order valence-electron chi connectivity index (χ3n) is 5.81. The zero-order valence-electron chi connectivity index (χ0n) is 18.2. The van der Waals surface area contributed by atoms with Crippen LogP contribution in [0.4, 0.5) is 13.2 Å². The molecule has 4 heterocycles. The molecule has 1 aliphatic heterocycles. The molecule has 1 saturated heterocycles. The van der Waals surface area contributed by atoms with Gasteiger partial charge >= 0.3 is 6.18 Å². The molecule has 3 aromatic rings. The number of nitrogens with one attached hydrogen (secondary N) is 1. The maximum Gasteiger partial charge on any atom is 0.451 e. The van der Waals surface area contributed by atoms with Crippen molar-refractivity contribution >= 4 is 11.0 Å². The summed E-state index contributed by atoms with van der Waals surface area (Å²) >= 11 is 0. The Balaban J connectivity index is 1.30. The number of halogens is 3. The molecule has 1 N–H and O–H groups in total. The van der Waals surface area contributed by atoms with Crippen LogP contribution in [0.5, 0.6) is 5.75 Å². The number of hydrogen-bond donors (Lipinski definition) is 1. The Morgan fingerprint density at radius 1 is 1.15 bits per heavy atom. The minimum absolute atomic E-state index is 0.0859. The number of methoxy groups -OCH3 is 1. The van der Waals surface area contributed by atoms with Crippen molar-refractivity contribution in [1.82, 2.24) is 29.7 Å². The van der Waals surface area contributed by atoms with Crippen molar-refractivity contribution in [3.05, 3.63) is 58.5 Å². The van der Waals surface area contributed by atoms with Gasteiger partial charge in [-0.05, 0) is 38.1 Å². The molecule has 0 unspecified atom stereocenters. The van der Waals surface area contributed by atoms with Gasteiger partial charge in [-0.25, -0.2) is 9.97 Å². The summed E-state index contributed by atoms with van der Waals surface area (Å²) in [5, 5.41) is 3.30. The molecule has 4 rings (SSSR count). The van der Waals surface area contributed by atoms with Crippen molar-refractivity contribution in [3.8, 4) is 5.75 Å². The Kier molecular flexibility index (Phi) is 6.89. The summed E-state index contributed by atoms with van der Waals surface area (Å²) in [6.45, 7) is 3.16. The second-order valence-corrected chi connectivity index (χ2v) is 7.97. The molecule has 0 aromatic carbocycles. The number of rotatable bonds is 7. The Morgan fingerprint density at radius 3 is 2.67 bits per heavy atom. The zero-order valence-corrected chi connectivity index (χ0v) is 18.2. The number of fused-ring (bicyclic) bond motifs is 1. The summed E-state index contributed by atoms with van der Waals surface area (Å²) in [5.41, 5.74) is 1.70. The highest BCUT2D eigenvalue weighted by Gasteiger charge is 2.34. The van der Waals surface area contributed by atoms with Crippen LogP contribution in [-0.4, -0.2) is 57.2 Å². The summed E-state index contributed by atoms with van der Waals surface area (Å²) in [5.74, 6) is -0.520. The van der Waals surface area contributed by atoms with Gasteiger partial charge in [0.25, 0.3) is 5.56 Å². The SMILES string of the molecule is COc1cnc2ccc(=O)n(CCN3CCC(NCc4ccnc(C(F)(F)F)n4)CC3)c2c1. The average Bonchev–Trinajstić information content (AvgIpc) is 2.82. The highest BCUT2D eigenvalue weighted by Crippen LogP contribution is 2.25. The van der Waals surface area contributed by atoms with E-state index in [1.54, 1.807) is 23.9 Å². The lowest BCUT2D eigenvalue weighted by atomic mass is 10.0. The molecule has 0 saturated carbocycles. The molecule has 33 heavy (non-hydrogen) atoms. The van der Waals surface area contributed by atoms with Crippen molar-refractivity contribution in [2.75, 3.05) is 26.7 Å². The summed E-state index contributed by atoms with van der Waals surface area (Å²) in [6, 6.07) is 6.73. The first kappa shape index (κ1) is 23.1. The number of nitrogens with zero attached hydrogens (tertiary/aromatic N) is 5. The Hall–Kier alpha value is -3.05. The zero-order chi connectivity index (χ0) is 23.4. The van der Waals surface area contributed by atoms with Gasteiger partial charge in [0.2, 0.25) is 5.82 Å². The van der Waals surface area contributed by atoms with E-state index >= 15 is 0 Å². The molecule has 0 spiro atoms. The molecule has 0 radical (unpaired) electrons. The minimum Gasteiger partial charge on any atom is -0.495 e. The van der Waals surface area contributed by atoms with E-state index in [-0.39, 0.29) is 18.1 Å². The number of aromatic nitrogens is 4. The number of piperidine rings is 1. The van der Waals surface area contributed by atoms with E-state index in [1.807, 2.05) is 6.07 Å². The lowest BCUT2D eigenvalue weighted by molar-refractivity contribution is -0.145. The molecule has 176 valence electrons. The largest absolute Gasteiger partial charge is 0.495 e. The Bertz CT molecular complexity index is 1160. The van der Waals surface area contributed by atoms with E-state index in [1.165, 1.54) is 12.1 Å². The van der Waals surface area contributed by atoms with Gasteiger partial charge in [0.05, 0.1) is 30.0 Å². The molecular formula is C22H25F3N6O2. The van der Waals surface area contributed by atoms with Gasteiger partial charge in [0.15, 0.2) is 0 Å². The summed E-state index contributed by atoms with van der Waals surface area (Å²) in [7, 11) is 1.56. The highest BCUT2D eigenvalue weighted by atomic mass is 19.4. The summed E-state index contributed by atoms with van der Waals surface area (Å²) < 4.78 is 45.3. The van der Waals surface area contributed by atoms with Gasteiger partial charge < -0.3 is 19.5 Å². The van der Waals surface area contributed by atoms with Gasteiger partial charge in [-0.1, -0.05) is 0 Å². The van der Waals surface area contributed by atoms with Crippen LogP contribution in [0.25, 0.3) is 11.0 Å². The maximum absolute atomic E-state index is 12.8. The van der Waals surface area contributed by atoms with E-state index < -0.39 is 12.0 Å². The standard InChI is InChI=1S/C22H25F3N6O2/c1-33-17-12-19-18(28-14-17)2-3-20(32)31(19)11-10-30-8-5-15(6-9-30)27-13-16-4-7-26-21(29-16)22(23,24)25/h2-4,7,12,14-15,27H,5-6,8-11,13H2,1H3. The fraction of sp³-hybridized carbons (Fsp3) is 0.455. The van der Waals surface area contributed by atoms with Crippen LogP contribution in [0.15, 0.2) is 41.5 Å². The predicted octanol–water partition coefficient (Wildman–Crippen LogP) is 2.47. The number of likely N-dealkylation sites (tertiary alicyclic amines) is 1. The third-order valence-corrected chi connectivity index (χ3v) is 5.81. The van der Waals surface area contributed by atoms with Gasteiger partial charge in [-0.2, -0.15) is 13.2 Å². The number of pyridine rings is 2. The van der Waals surface area contributed by atoms with E-state index in [0.29, 0.717) is 24.5 Å². The van der Waals surface area contributed by atoms with Crippen molar-refractivity contribution in [3.63, 3.8) is 0 Å². The van der Waals surface area contributed by atoms with Crippen LogP contribution in [0.1, 0.15) is 24.4 Å². The molecule has 8 nitrogen and oxygen atoms in total. The van der Waals surface area contributed by atoms with Crippen LogP contribution in [0, 0.1) is 0 Å². The quantitative estimate of drug-likeness (QED) is 0.577. The molecule has 0 amide bonds. The first-order valence-electron chi connectivity index (χ1n) is 10.7. The highest BCUT2D eigenvalue weighted by molar-refractivity contribution is 5.75. The van der Waals surface area contributed by atoms with Crippen LogP contribution in [0.3, 0.4) is 0 Å². The topological polar surface area (TPSA) is 85.2 Å². The van der Waals surface area contributed by atoms with Gasteiger partial charge in [-0.15, -0.1) is 0 Å². The van der Waals surface area contributed by atoms with E-state index in [0.717, 1.165) is 43.2 Å². The fourth-order valence-corrected chi connectivity index (χ4v) is 3.97. The molecule has 1 fully saturated rings. The lowest BCUT2D eigenvalue weighted by Crippen LogP contribution is -2.43. The van der Waals surface area contributed by atoms with Crippen molar-refractivity contribution in [2.24, 2.45) is 0 Å². The molecule has 11 heteroatoms. The van der Waals surface area contributed by atoms with Crippen LogP contribution >= 0.6 is 0 Å². The smallest absolute Gasteiger partial charge is 0.451 e. The fourth-order valence-electron chi connectivity index (χ4n) is 3.97. The Morgan fingerprint density at radius 2 is 1.94 bits per heavy atom. The van der Waals surface area contributed by atoms with Crippen LogP contribution in [0.2, 0.25) is 0 Å². The molecule has 0 aliphatic carbocycles.